The number of carboxylic acid groups (broad SMARTS) is 1. The van der Waals surface area contributed by atoms with E-state index in [0.29, 0.717) is 18.0 Å². The number of piperazine rings is 1. The number of nitrogens with zero attached hydrogens (tertiary/aromatic N) is 2. The molecule has 1 unspecified atom stereocenters. The van der Waals surface area contributed by atoms with Crippen LogP contribution in [0.3, 0.4) is 0 Å². The first-order valence-corrected chi connectivity index (χ1v) is 6.53. The summed E-state index contributed by atoms with van der Waals surface area (Å²) in [7, 11) is 0. The van der Waals surface area contributed by atoms with Crippen LogP contribution in [0.5, 0.6) is 0 Å². The van der Waals surface area contributed by atoms with Crippen molar-refractivity contribution in [2.75, 3.05) is 24.5 Å². The molecule has 1 aromatic carbocycles. The van der Waals surface area contributed by atoms with E-state index < -0.39 is 5.97 Å². The topological polar surface area (TPSA) is 60.9 Å². The maximum absolute atomic E-state index is 11.6. The zero-order valence-electron chi connectivity index (χ0n) is 10.6. The van der Waals surface area contributed by atoms with Gasteiger partial charge in [0.05, 0.1) is 5.56 Å². The van der Waals surface area contributed by atoms with Gasteiger partial charge in [0, 0.05) is 37.8 Å². The summed E-state index contributed by atoms with van der Waals surface area (Å²) in [4.78, 5) is 26.6. The van der Waals surface area contributed by atoms with Crippen LogP contribution in [0.25, 0.3) is 0 Å². The minimum Gasteiger partial charge on any atom is -0.478 e. The summed E-state index contributed by atoms with van der Waals surface area (Å²) in [6, 6.07) is 7.26. The molecule has 100 valence electrons. The monoisotopic (exact) mass is 260 g/mol. The molecule has 1 atom stereocenters. The number of hydrogen-bond donors (Lipinski definition) is 1. The summed E-state index contributed by atoms with van der Waals surface area (Å²) in [6.07, 6.45) is 1.60. The van der Waals surface area contributed by atoms with E-state index in [1.165, 1.54) is 0 Å². The third kappa shape index (κ3) is 2.16. The highest BCUT2D eigenvalue weighted by Crippen LogP contribution is 2.26. The van der Waals surface area contributed by atoms with Crippen molar-refractivity contribution in [3.05, 3.63) is 29.8 Å². The molecule has 5 heteroatoms. The van der Waals surface area contributed by atoms with Gasteiger partial charge in [0.25, 0.3) is 0 Å². The molecule has 1 amide bonds. The number of carboxylic acids is 1. The van der Waals surface area contributed by atoms with Gasteiger partial charge in [-0.1, -0.05) is 0 Å². The molecule has 2 heterocycles. The van der Waals surface area contributed by atoms with Crippen LogP contribution < -0.4 is 4.90 Å². The Morgan fingerprint density at radius 2 is 1.95 bits per heavy atom. The van der Waals surface area contributed by atoms with E-state index in [9.17, 15) is 9.59 Å². The fraction of sp³-hybridized carbons (Fsp3) is 0.429. The summed E-state index contributed by atoms with van der Waals surface area (Å²) in [6.45, 7) is 2.43. The van der Waals surface area contributed by atoms with Gasteiger partial charge in [-0.05, 0) is 30.7 Å². The highest BCUT2D eigenvalue weighted by atomic mass is 16.4. The van der Waals surface area contributed by atoms with Crippen molar-refractivity contribution in [1.82, 2.24) is 4.90 Å². The Hall–Kier alpha value is -2.04. The number of carbonyl (C=O) groups excluding carboxylic acids is 1. The molecule has 2 saturated heterocycles. The van der Waals surface area contributed by atoms with Crippen LogP contribution in [-0.2, 0) is 4.79 Å². The highest BCUT2D eigenvalue weighted by Gasteiger charge is 2.35. The molecule has 0 aliphatic carbocycles. The maximum Gasteiger partial charge on any atom is 0.335 e. The number of benzene rings is 1. The number of aromatic carboxylic acids is 1. The van der Waals surface area contributed by atoms with Crippen LogP contribution >= 0.6 is 0 Å². The first-order chi connectivity index (χ1) is 9.15. The normalized spacial score (nSPS) is 22.5. The lowest BCUT2D eigenvalue weighted by atomic mass is 10.1. The van der Waals surface area contributed by atoms with Gasteiger partial charge in [-0.15, -0.1) is 0 Å². The molecule has 2 fully saturated rings. The van der Waals surface area contributed by atoms with Crippen molar-refractivity contribution in [2.24, 2.45) is 0 Å². The molecule has 0 saturated carbocycles. The van der Waals surface area contributed by atoms with Gasteiger partial charge in [0.2, 0.25) is 5.91 Å². The average Bonchev–Trinajstić information content (AvgIpc) is 2.80. The average molecular weight is 260 g/mol. The summed E-state index contributed by atoms with van der Waals surface area (Å²) in [5, 5.41) is 8.88. The number of carbonyl (C=O) groups is 2. The molecular weight excluding hydrogens is 244 g/mol. The molecule has 1 N–H and O–H groups in total. The molecule has 2 aliphatic rings. The predicted octanol–water partition coefficient (Wildman–Crippen LogP) is 1.20. The largest absolute Gasteiger partial charge is 0.478 e. The minimum absolute atomic E-state index is 0.269. The SMILES string of the molecule is O=C(O)c1ccc(N2CCN3C(=O)CCC3C2)cc1. The van der Waals surface area contributed by atoms with E-state index in [-0.39, 0.29) is 5.91 Å². The number of fused-ring (bicyclic) bond motifs is 1. The zero-order chi connectivity index (χ0) is 13.4. The number of hydrogen-bond acceptors (Lipinski definition) is 3. The molecule has 0 aromatic heterocycles. The predicted molar refractivity (Wildman–Crippen MR) is 70.3 cm³/mol. The Balaban J connectivity index is 1.73. The Bertz CT molecular complexity index is 512. The maximum atomic E-state index is 11.6. The van der Waals surface area contributed by atoms with E-state index in [0.717, 1.165) is 31.7 Å². The van der Waals surface area contributed by atoms with Gasteiger partial charge in [-0.25, -0.2) is 4.79 Å². The van der Waals surface area contributed by atoms with Gasteiger partial charge >= 0.3 is 5.97 Å². The van der Waals surface area contributed by atoms with Crippen molar-refractivity contribution in [3.8, 4) is 0 Å². The standard InChI is InChI=1S/C14H16N2O3/c17-13-6-5-12-9-15(7-8-16(12)13)11-3-1-10(2-4-11)14(18)19/h1-4,12H,5-9H2,(H,18,19). The van der Waals surface area contributed by atoms with Gasteiger partial charge in [-0.2, -0.15) is 0 Å². The van der Waals surface area contributed by atoms with Crippen molar-refractivity contribution in [3.63, 3.8) is 0 Å². The lowest BCUT2D eigenvalue weighted by Crippen LogP contribution is -2.51. The van der Waals surface area contributed by atoms with Crippen LogP contribution in [0.4, 0.5) is 5.69 Å². The van der Waals surface area contributed by atoms with E-state index in [4.69, 9.17) is 5.11 Å². The first-order valence-electron chi connectivity index (χ1n) is 6.53. The zero-order valence-corrected chi connectivity index (χ0v) is 10.6. The summed E-state index contributed by atoms with van der Waals surface area (Å²) >= 11 is 0. The molecule has 0 spiro atoms. The summed E-state index contributed by atoms with van der Waals surface area (Å²) < 4.78 is 0. The second-order valence-corrected chi connectivity index (χ2v) is 5.08. The van der Waals surface area contributed by atoms with Crippen molar-refractivity contribution in [1.29, 1.82) is 0 Å². The van der Waals surface area contributed by atoms with Gasteiger partial charge < -0.3 is 14.9 Å². The van der Waals surface area contributed by atoms with Gasteiger partial charge in [-0.3, -0.25) is 4.79 Å². The van der Waals surface area contributed by atoms with Crippen LogP contribution in [0.2, 0.25) is 0 Å². The van der Waals surface area contributed by atoms with E-state index in [2.05, 4.69) is 4.90 Å². The lowest BCUT2D eigenvalue weighted by molar-refractivity contribution is -0.129. The smallest absolute Gasteiger partial charge is 0.335 e. The number of anilines is 1. The highest BCUT2D eigenvalue weighted by molar-refractivity contribution is 5.88. The Kier molecular flexibility index (Phi) is 2.89. The third-order valence-electron chi connectivity index (χ3n) is 3.97. The van der Waals surface area contributed by atoms with Crippen molar-refractivity contribution >= 4 is 17.6 Å². The molecule has 1 aromatic rings. The Morgan fingerprint density at radius 3 is 2.63 bits per heavy atom. The molecule has 0 radical (unpaired) electrons. The molecule has 0 bridgehead atoms. The van der Waals surface area contributed by atoms with Crippen molar-refractivity contribution < 1.29 is 14.7 Å². The van der Waals surface area contributed by atoms with Crippen LogP contribution in [0.15, 0.2) is 24.3 Å². The second-order valence-electron chi connectivity index (χ2n) is 5.08. The lowest BCUT2D eigenvalue weighted by Gasteiger charge is -2.38. The minimum atomic E-state index is -0.905. The van der Waals surface area contributed by atoms with E-state index in [1.807, 2.05) is 17.0 Å². The number of rotatable bonds is 2. The van der Waals surface area contributed by atoms with Gasteiger partial charge in [0.1, 0.15) is 0 Å². The summed E-state index contributed by atoms with van der Waals surface area (Å²) in [5.74, 6) is -0.636. The van der Waals surface area contributed by atoms with E-state index >= 15 is 0 Å². The first kappa shape index (κ1) is 12.0. The fourth-order valence-corrected chi connectivity index (χ4v) is 2.91. The van der Waals surface area contributed by atoms with E-state index in [1.54, 1.807) is 12.1 Å². The van der Waals surface area contributed by atoms with Crippen LogP contribution in [-0.4, -0.2) is 47.6 Å². The molecule has 3 rings (SSSR count). The second kappa shape index (κ2) is 4.57. The molecule has 2 aliphatic heterocycles. The van der Waals surface area contributed by atoms with Crippen LogP contribution in [0.1, 0.15) is 23.2 Å². The molecule has 5 nitrogen and oxygen atoms in total. The Morgan fingerprint density at radius 1 is 1.21 bits per heavy atom. The van der Waals surface area contributed by atoms with Crippen LogP contribution in [0, 0.1) is 0 Å². The third-order valence-corrected chi connectivity index (χ3v) is 3.97. The molecule has 19 heavy (non-hydrogen) atoms. The fourth-order valence-electron chi connectivity index (χ4n) is 2.91. The number of amides is 1. The van der Waals surface area contributed by atoms with Crippen molar-refractivity contribution in [2.45, 2.75) is 18.9 Å². The summed E-state index contributed by atoms with van der Waals surface area (Å²) in [5.41, 5.74) is 1.34. The molecular formula is C14H16N2O3. The van der Waals surface area contributed by atoms with Gasteiger partial charge in [0.15, 0.2) is 0 Å². The quantitative estimate of drug-likeness (QED) is 0.868. The Labute approximate surface area is 111 Å².